The van der Waals surface area contributed by atoms with Gasteiger partial charge in [-0.05, 0) is 24.6 Å². The molecule has 1 heterocycles. The minimum absolute atomic E-state index is 0.00479. The number of imidazole rings is 1. The first-order valence-corrected chi connectivity index (χ1v) is 6.84. The van der Waals surface area contributed by atoms with E-state index in [1.807, 2.05) is 43.3 Å². The molecule has 3 rings (SSSR count). The number of carbonyl (C=O) groups excluding carboxylic acids is 1. The lowest BCUT2D eigenvalue weighted by Gasteiger charge is -2.07. The van der Waals surface area contributed by atoms with Crippen LogP contribution in [0.5, 0.6) is 0 Å². The fourth-order valence-electron chi connectivity index (χ4n) is 2.45. The number of ketones is 1. The Morgan fingerprint density at radius 2 is 1.95 bits per heavy atom. The summed E-state index contributed by atoms with van der Waals surface area (Å²) in [5.74, 6) is 0.519. The zero-order valence-electron chi connectivity index (χ0n) is 11.8. The summed E-state index contributed by atoms with van der Waals surface area (Å²) in [6, 6.07) is 15.0. The lowest BCUT2D eigenvalue weighted by molar-refractivity contribution is 0.0970. The Bertz CT molecular complexity index is 791. The Kier molecular flexibility index (Phi) is 3.54. The number of benzene rings is 2. The van der Waals surface area contributed by atoms with Crippen molar-refractivity contribution in [2.45, 2.75) is 20.1 Å². The van der Waals surface area contributed by atoms with Crippen LogP contribution in [0.3, 0.4) is 0 Å². The predicted molar refractivity (Wildman–Crippen MR) is 81.2 cm³/mol. The Labute approximate surface area is 122 Å². The van der Waals surface area contributed by atoms with Crippen LogP contribution in [0.25, 0.3) is 11.0 Å². The molecule has 0 aliphatic rings. The highest BCUT2D eigenvalue weighted by molar-refractivity contribution is 5.96. The molecule has 0 atom stereocenters. The molecule has 3 aromatic rings. The Morgan fingerprint density at radius 3 is 2.67 bits per heavy atom. The van der Waals surface area contributed by atoms with Crippen molar-refractivity contribution in [3.63, 3.8) is 0 Å². The summed E-state index contributed by atoms with van der Waals surface area (Å²) < 4.78 is 1.78. The highest BCUT2D eigenvalue weighted by Crippen LogP contribution is 2.19. The van der Waals surface area contributed by atoms with Gasteiger partial charge in [0.25, 0.3) is 0 Å². The van der Waals surface area contributed by atoms with Crippen LogP contribution in [0.2, 0.25) is 0 Å². The van der Waals surface area contributed by atoms with E-state index in [9.17, 15) is 9.90 Å². The summed E-state index contributed by atoms with van der Waals surface area (Å²) in [7, 11) is 0. The van der Waals surface area contributed by atoms with Crippen molar-refractivity contribution in [1.29, 1.82) is 0 Å². The number of aromatic nitrogens is 2. The van der Waals surface area contributed by atoms with Crippen molar-refractivity contribution in [1.82, 2.24) is 9.55 Å². The third kappa shape index (κ3) is 2.58. The van der Waals surface area contributed by atoms with E-state index >= 15 is 0 Å². The van der Waals surface area contributed by atoms with Gasteiger partial charge in [0.1, 0.15) is 12.4 Å². The number of aliphatic hydroxyl groups is 1. The Balaban J connectivity index is 2.02. The van der Waals surface area contributed by atoms with E-state index in [0.29, 0.717) is 11.4 Å². The van der Waals surface area contributed by atoms with Crippen LogP contribution in [0, 0.1) is 6.92 Å². The van der Waals surface area contributed by atoms with Crippen molar-refractivity contribution in [2.75, 3.05) is 0 Å². The number of hydrogen-bond acceptors (Lipinski definition) is 3. The first-order valence-electron chi connectivity index (χ1n) is 6.84. The number of Topliss-reactive ketones (excluding diaryl/α,β-unsaturated/α-hetero) is 1. The molecule has 4 heteroatoms. The number of rotatable bonds is 4. The molecular weight excluding hydrogens is 264 g/mol. The van der Waals surface area contributed by atoms with E-state index in [1.165, 1.54) is 0 Å². The van der Waals surface area contributed by atoms with Crippen LogP contribution in [0.4, 0.5) is 0 Å². The third-order valence-corrected chi connectivity index (χ3v) is 3.52. The van der Waals surface area contributed by atoms with Crippen LogP contribution >= 0.6 is 0 Å². The van der Waals surface area contributed by atoms with Crippen LogP contribution in [0.1, 0.15) is 21.7 Å². The van der Waals surface area contributed by atoms with E-state index in [0.717, 1.165) is 16.6 Å². The summed E-state index contributed by atoms with van der Waals surface area (Å²) in [5, 5.41) is 9.48. The summed E-state index contributed by atoms with van der Waals surface area (Å²) in [5.41, 5.74) is 3.44. The molecule has 4 nitrogen and oxygen atoms in total. The first kappa shape index (κ1) is 13.5. The Hall–Kier alpha value is -2.46. The summed E-state index contributed by atoms with van der Waals surface area (Å²) >= 11 is 0. The van der Waals surface area contributed by atoms with Crippen LogP contribution in [-0.4, -0.2) is 20.4 Å². The average Bonchev–Trinajstić information content (AvgIpc) is 2.85. The molecular formula is C17H16N2O2. The van der Waals surface area contributed by atoms with E-state index in [2.05, 4.69) is 4.98 Å². The summed E-state index contributed by atoms with van der Waals surface area (Å²) in [4.78, 5) is 16.8. The van der Waals surface area contributed by atoms with Crippen molar-refractivity contribution in [3.05, 3.63) is 65.5 Å². The Morgan fingerprint density at radius 1 is 1.19 bits per heavy atom. The lowest BCUT2D eigenvalue weighted by atomic mass is 10.1. The first-order chi connectivity index (χ1) is 10.2. The molecule has 0 spiro atoms. The smallest absolute Gasteiger partial charge is 0.182 e. The number of aryl methyl sites for hydroxylation is 1. The molecule has 106 valence electrons. The lowest BCUT2D eigenvalue weighted by Crippen LogP contribution is -2.13. The van der Waals surface area contributed by atoms with E-state index < -0.39 is 0 Å². The minimum atomic E-state index is -0.185. The van der Waals surface area contributed by atoms with Crippen LogP contribution in [0.15, 0.2) is 48.5 Å². The molecule has 1 N–H and O–H groups in total. The van der Waals surface area contributed by atoms with Gasteiger partial charge in [-0.2, -0.15) is 0 Å². The molecule has 0 saturated heterocycles. The van der Waals surface area contributed by atoms with Gasteiger partial charge in [-0.3, -0.25) is 4.79 Å². The molecule has 1 aromatic heterocycles. The molecule has 2 aromatic carbocycles. The van der Waals surface area contributed by atoms with Crippen molar-refractivity contribution in [3.8, 4) is 0 Å². The molecule has 0 amide bonds. The highest BCUT2D eigenvalue weighted by Gasteiger charge is 2.14. The quantitative estimate of drug-likeness (QED) is 0.748. The summed E-state index contributed by atoms with van der Waals surface area (Å²) in [6.07, 6.45) is 0. The molecule has 0 aliphatic heterocycles. The maximum absolute atomic E-state index is 12.4. The summed E-state index contributed by atoms with van der Waals surface area (Å²) in [6.45, 7) is 1.99. The molecule has 21 heavy (non-hydrogen) atoms. The molecule has 0 bridgehead atoms. The van der Waals surface area contributed by atoms with Crippen molar-refractivity contribution < 1.29 is 9.90 Å². The van der Waals surface area contributed by atoms with Crippen LogP contribution < -0.4 is 0 Å². The molecule has 0 saturated carbocycles. The molecule has 0 unspecified atom stereocenters. The number of nitrogens with zero attached hydrogens (tertiary/aromatic N) is 2. The zero-order chi connectivity index (χ0) is 14.8. The van der Waals surface area contributed by atoms with Gasteiger partial charge in [0.2, 0.25) is 0 Å². The second-order valence-corrected chi connectivity index (χ2v) is 5.05. The number of aliphatic hydroxyl groups excluding tert-OH is 1. The second-order valence-electron chi connectivity index (χ2n) is 5.05. The SMILES string of the molecule is Cc1ccc2c(c1)nc(CO)n2CC(=O)c1ccccc1. The predicted octanol–water partition coefficient (Wildman–Crippen LogP) is 2.72. The van der Waals surface area contributed by atoms with Gasteiger partial charge in [0.05, 0.1) is 17.6 Å². The number of fused-ring (bicyclic) bond motifs is 1. The van der Waals surface area contributed by atoms with Crippen LogP contribution in [-0.2, 0) is 13.2 Å². The monoisotopic (exact) mass is 280 g/mol. The van der Waals surface area contributed by atoms with E-state index in [4.69, 9.17) is 0 Å². The standard InChI is InChI=1S/C17H16N2O2/c1-12-7-8-15-14(9-12)18-17(11-20)19(15)10-16(21)13-5-3-2-4-6-13/h2-9,20H,10-11H2,1H3. The third-order valence-electron chi connectivity index (χ3n) is 3.52. The van der Waals surface area contributed by atoms with Gasteiger partial charge in [0.15, 0.2) is 5.78 Å². The zero-order valence-corrected chi connectivity index (χ0v) is 11.8. The minimum Gasteiger partial charge on any atom is -0.388 e. The van der Waals surface area contributed by atoms with Gasteiger partial charge in [-0.25, -0.2) is 4.98 Å². The normalized spacial score (nSPS) is 11.0. The number of hydrogen-bond donors (Lipinski definition) is 1. The maximum atomic E-state index is 12.4. The molecule has 0 radical (unpaired) electrons. The van der Waals surface area contributed by atoms with Gasteiger partial charge >= 0.3 is 0 Å². The fourth-order valence-corrected chi connectivity index (χ4v) is 2.45. The average molecular weight is 280 g/mol. The second kappa shape index (κ2) is 5.50. The molecule has 0 fully saturated rings. The number of carbonyl (C=O) groups is 1. The highest BCUT2D eigenvalue weighted by atomic mass is 16.3. The van der Waals surface area contributed by atoms with E-state index in [-0.39, 0.29) is 18.9 Å². The van der Waals surface area contributed by atoms with Crippen molar-refractivity contribution in [2.24, 2.45) is 0 Å². The fraction of sp³-hybridized carbons (Fsp3) is 0.176. The van der Waals surface area contributed by atoms with Gasteiger partial charge in [0, 0.05) is 5.56 Å². The van der Waals surface area contributed by atoms with Gasteiger partial charge in [-0.15, -0.1) is 0 Å². The largest absolute Gasteiger partial charge is 0.388 e. The van der Waals surface area contributed by atoms with Gasteiger partial charge < -0.3 is 9.67 Å². The van der Waals surface area contributed by atoms with Gasteiger partial charge in [-0.1, -0.05) is 36.4 Å². The maximum Gasteiger partial charge on any atom is 0.182 e. The van der Waals surface area contributed by atoms with Crippen molar-refractivity contribution >= 4 is 16.8 Å². The van der Waals surface area contributed by atoms with E-state index in [1.54, 1.807) is 16.7 Å². The molecule has 0 aliphatic carbocycles. The topological polar surface area (TPSA) is 55.1 Å².